The minimum absolute atomic E-state index is 0.144. The second-order valence-corrected chi connectivity index (χ2v) is 2.79. The van der Waals surface area contributed by atoms with Gasteiger partial charge < -0.3 is 15.4 Å². The third-order valence-corrected chi connectivity index (χ3v) is 1.54. The molecule has 1 amide bonds. The van der Waals surface area contributed by atoms with E-state index in [1.165, 1.54) is 0 Å². The first-order valence-corrected chi connectivity index (χ1v) is 3.89. The summed E-state index contributed by atoms with van der Waals surface area (Å²) in [6.45, 7) is 1.51. The van der Waals surface area contributed by atoms with Gasteiger partial charge in [-0.2, -0.15) is 0 Å². The Hall–Kier alpha value is -1.36. The molecule has 1 aromatic heterocycles. The van der Waals surface area contributed by atoms with Gasteiger partial charge >= 0.3 is 0 Å². The maximum Gasteiger partial charge on any atom is 0.268 e. The highest BCUT2D eigenvalue weighted by Gasteiger charge is 2.10. The van der Waals surface area contributed by atoms with Gasteiger partial charge in [0.25, 0.3) is 5.91 Å². The molecule has 0 aromatic carbocycles. The standard InChI is InChI=1S/C8H11FN2O2/c1-5(4-12)11-8(13)7-2-6(9)3-10-7/h2-3,5,10,12H,4H2,1H3,(H,11,13). The SMILES string of the molecule is CC(CO)NC(=O)c1cc(F)c[nH]1. The van der Waals surface area contributed by atoms with Crippen molar-refractivity contribution < 1.29 is 14.3 Å². The van der Waals surface area contributed by atoms with E-state index >= 15 is 0 Å². The molecule has 1 aromatic rings. The summed E-state index contributed by atoms with van der Waals surface area (Å²) in [6, 6.07) is 0.762. The first kappa shape index (κ1) is 9.73. The fourth-order valence-corrected chi connectivity index (χ4v) is 0.846. The van der Waals surface area contributed by atoms with E-state index in [2.05, 4.69) is 10.3 Å². The van der Waals surface area contributed by atoms with Crippen LogP contribution < -0.4 is 5.32 Å². The molecule has 13 heavy (non-hydrogen) atoms. The summed E-state index contributed by atoms with van der Waals surface area (Å²) in [5, 5.41) is 11.1. The topological polar surface area (TPSA) is 65.1 Å². The number of aliphatic hydroxyl groups is 1. The minimum atomic E-state index is -0.484. The van der Waals surface area contributed by atoms with Crippen LogP contribution >= 0.6 is 0 Å². The number of aliphatic hydroxyl groups excluding tert-OH is 1. The Bertz CT molecular complexity index is 298. The average molecular weight is 186 g/mol. The van der Waals surface area contributed by atoms with E-state index < -0.39 is 11.7 Å². The highest BCUT2D eigenvalue weighted by Crippen LogP contribution is 2.00. The Morgan fingerprint density at radius 1 is 1.85 bits per heavy atom. The van der Waals surface area contributed by atoms with Crippen molar-refractivity contribution in [2.24, 2.45) is 0 Å². The van der Waals surface area contributed by atoms with Gasteiger partial charge in [-0.3, -0.25) is 4.79 Å². The highest BCUT2D eigenvalue weighted by atomic mass is 19.1. The molecular weight excluding hydrogens is 175 g/mol. The van der Waals surface area contributed by atoms with Crippen LogP contribution in [-0.4, -0.2) is 28.6 Å². The molecule has 0 fully saturated rings. The molecule has 0 aliphatic carbocycles. The van der Waals surface area contributed by atoms with E-state index in [1.807, 2.05) is 0 Å². The molecule has 0 spiro atoms. The minimum Gasteiger partial charge on any atom is -0.394 e. The van der Waals surface area contributed by atoms with Crippen molar-refractivity contribution in [2.75, 3.05) is 6.61 Å². The maximum absolute atomic E-state index is 12.4. The number of carbonyl (C=O) groups is 1. The molecule has 5 heteroatoms. The van der Waals surface area contributed by atoms with E-state index in [4.69, 9.17) is 5.11 Å². The van der Waals surface area contributed by atoms with E-state index in [0.29, 0.717) is 0 Å². The lowest BCUT2D eigenvalue weighted by molar-refractivity contribution is 0.0917. The molecule has 4 nitrogen and oxygen atoms in total. The summed E-state index contributed by atoms with van der Waals surface area (Å²) in [5.41, 5.74) is 0.151. The molecular formula is C8H11FN2O2. The first-order chi connectivity index (χ1) is 6.13. The summed E-state index contributed by atoms with van der Waals surface area (Å²) in [6.07, 6.45) is 1.10. The van der Waals surface area contributed by atoms with E-state index in [1.54, 1.807) is 6.92 Å². The molecule has 0 bridgehead atoms. The van der Waals surface area contributed by atoms with Crippen molar-refractivity contribution in [1.29, 1.82) is 0 Å². The predicted octanol–water partition coefficient (Wildman–Crippen LogP) is 0.264. The van der Waals surface area contributed by atoms with E-state index in [-0.39, 0.29) is 18.3 Å². The largest absolute Gasteiger partial charge is 0.394 e. The van der Waals surface area contributed by atoms with Gasteiger partial charge in [0.15, 0.2) is 0 Å². The number of hydrogen-bond acceptors (Lipinski definition) is 2. The highest BCUT2D eigenvalue weighted by molar-refractivity contribution is 5.92. The van der Waals surface area contributed by atoms with Crippen molar-refractivity contribution in [3.63, 3.8) is 0 Å². The zero-order chi connectivity index (χ0) is 9.84. The van der Waals surface area contributed by atoms with Crippen LogP contribution in [0.25, 0.3) is 0 Å². The third-order valence-electron chi connectivity index (χ3n) is 1.54. The number of H-pyrrole nitrogens is 1. The van der Waals surface area contributed by atoms with Crippen molar-refractivity contribution >= 4 is 5.91 Å². The second-order valence-electron chi connectivity index (χ2n) is 2.79. The van der Waals surface area contributed by atoms with Gasteiger partial charge in [0.2, 0.25) is 0 Å². The lowest BCUT2D eigenvalue weighted by Crippen LogP contribution is -2.35. The Balaban J connectivity index is 2.58. The normalized spacial score (nSPS) is 12.5. The van der Waals surface area contributed by atoms with Crippen LogP contribution in [-0.2, 0) is 0 Å². The molecule has 0 aliphatic heterocycles. The van der Waals surface area contributed by atoms with Crippen molar-refractivity contribution in [3.8, 4) is 0 Å². The molecule has 0 saturated heterocycles. The summed E-state index contributed by atoms with van der Waals surface area (Å²) in [7, 11) is 0. The zero-order valence-electron chi connectivity index (χ0n) is 7.17. The van der Waals surface area contributed by atoms with Crippen molar-refractivity contribution in [1.82, 2.24) is 10.3 Å². The lowest BCUT2D eigenvalue weighted by atomic mass is 10.3. The zero-order valence-corrected chi connectivity index (χ0v) is 7.17. The van der Waals surface area contributed by atoms with Crippen LogP contribution in [0.4, 0.5) is 4.39 Å². The summed E-state index contributed by atoms with van der Waals surface area (Å²) in [4.78, 5) is 13.7. The summed E-state index contributed by atoms with van der Waals surface area (Å²) >= 11 is 0. The van der Waals surface area contributed by atoms with Crippen LogP contribution in [0.1, 0.15) is 17.4 Å². The molecule has 1 unspecified atom stereocenters. The molecule has 1 atom stereocenters. The Labute approximate surface area is 74.8 Å². The Kier molecular flexibility index (Phi) is 3.02. The van der Waals surface area contributed by atoms with Crippen LogP contribution in [0.5, 0.6) is 0 Å². The molecule has 1 heterocycles. The van der Waals surface area contributed by atoms with Crippen LogP contribution in [0.15, 0.2) is 12.3 Å². The monoisotopic (exact) mass is 186 g/mol. The number of hydrogen-bond donors (Lipinski definition) is 3. The van der Waals surface area contributed by atoms with Crippen molar-refractivity contribution in [3.05, 3.63) is 23.8 Å². The Morgan fingerprint density at radius 2 is 2.54 bits per heavy atom. The number of halogens is 1. The molecule has 3 N–H and O–H groups in total. The average Bonchev–Trinajstić information content (AvgIpc) is 2.51. The number of amides is 1. The van der Waals surface area contributed by atoms with Gasteiger partial charge in [-0.15, -0.1) is 0 Å². The van der Waals surface area contributed by atoms with Crippen molar-refractivity contribution in [2.45, 2.75) is 13.0 Å². The van der Waals surface area contributed by atoms with Crippen LogP contribution in [0, 0.1) is 5.82 Å². The molecule has 72 valence electrons. The quantitative estimate of drug-likeness (QED) is 0.634. The van der Waals surface area contributed by atoms with Gasteiger partial charge in [-0.25, -0.2) is 4.39 Å². The first-order valence-electron chi connectivity index (χ1n) is 3.89. The van der Waals surface area contributed by atoms with Gasteiger partial charge in [-0.1, -0.05) is 0 Å². The van der Waals surface area contributed by atoms with Gasteiger partial charge in [0, 0.05) is 18.3 Å². The van der Waals surface area contributed by atoms with Crippen LogP contribution in [0.3, 0.4) is 0 Å². The maximum atomic E-state index is 12.4. The molecule has 0 saturated carbocycles. The number of aromatic nitrogens is 1. The molecule has 0 aliphatic rings. The molecule has 0 radical (unpaired) electrons. The van der Waals surface area contributed by atoms with Gasteiger partial charge in [0.1, 0.15) is 11.5 Å². The number of rotatable bonds is 3. The number of nitrogens with one attached hydrogen (secondary N) is 2. The molecule has 1 rings (SSSR count). The number of carbonyl (C=O) groups excluding carboxylic acids is 1. The Morgan fingerprint density at radius 3 is 3.00 bits per heavy atom. The van der Waals surface area contributed by atoms with Gasteiger partial charge in [-0.05, 0) is 6.92 Å². The van der Waals surface area contributed by atoms with Crippen LogP contribution in [0.2, 0.25) is 0 Å². The van der Waals surface area contributed by atoms with Gasteiger partial charge in [0.05, 0.1) is 6.61 Å². The predicted molar refractivity (Wildman–Crippen MR) is 44.8 cm³/mol. The number of aromatic amines is 1. The third kappa shape index (κ3) is 2.55. The fourth-order valence-electron chi connectivity index (χ4n) is 0.846. The van der Waals surface area contributed by atoms with E-state index in [0.717, 1.165) is 12.3 Å². The summed E-state index contributed by atoms with van der Waals surface area (Å²) in [5.74, 6) is -0.910. The summed E-state index contributed by atoms with van der Waals surface area (Å²) < 4.78 is 12.4. The fraction of sp³-hybridized carbons (Fsp3) is 0.375. The lowest BCUT2D eigenvalue weighted by Gasteiger charge is -2.08. The van der Waals surface area contributed by atoms with E-state index in [9.17, 15) is 9.18 Å². The smallest absolute Gasteiger partial charge is 0.268 e. The second kappa shape index (κ2) is 4.04.